The Morgan fingerprint density at radius 1 is 1.19 bits per heavy atom. The largest absolute Gasteiger partial charge is 0.445 e. The van der Waals surface area contributed by atoms with Gasteiger partial charge in [0.05, 0.1) is 5.56 Å². The molecule has 7 heteroatoms. The average molecular weight is 373 g/mol. The van der Waals surface area contributed by atoms with Crippen molar-refractivity contribution in [3.63, 3.8) is 0 Å². The summed E-state index contributed by atoms with van der Waals surface area (Å²) in [4.78, 5) is 25.9. The molecular weight excluding hydrogens is 349 g/mol. The molecule has 2 amide bonds. The lowest BCUT2D eigenvalue weighted by Gasteiger charge is -2.31. The van der Waals surface area contributed by atoms with E-state index in [1.54, 1.807) is 29.3 Å². The highest BCUT2D eigenvalue weighted by atomic mass is 19.1. The number of carbonyl (C=O) groups is 2. The monoisotopic (exact) mass is 373 g/mol. The summed E-state index contributed by atoms with van der Waals surface area (Å²) in [5.41, 5.74) is 1.41. The number of nitrogens with one attached hydrogen (secondary N) is 1. The third-order valence-corrected chi connectivity index (χ3v) is 4.79. The molecule has 144 valence electrons. The van der Waals surface area contributed by atoms with Gasteiger partial charge in [-0.1, -0.05) is 12.1 Å². The zero-order valence-corrected chi connectivity index (χ0v) is 15.4. The summed E-state index contributed by atoms with van der Waals surface area (Å²) in [5, 5.41) is 2.96. The van der Waals surface area contributed by atoms with Crippen LogP contribution >= 0.6 is 0 Å². The van der Waals surface area contributed by atoms with Crippen LogP contribution in [0, 0.1) is 11.7 Å². The highest BCUT2D eigenvalue weighted by Crippen LogP contribution is 2.18. The Labute approximate surface area is 157 Å². The number of carbonyl (C=O) groups excluding carboxylic acids is 2. The number of hydrogen-bond donors (Lipinski definition) is 1. The summed E-state index contributed by atoms with van der Waals surface area (Å²) in [6.07, 6.45) is 4.91. The van der Waals surface area contributed by atoms with Crippen LogP contribution in [0.1, 0.15) is 28.8 Å². The van der Waals surface area contributed by atoms with Crippen molar-refractivity contribution in [2.45, 2.75) is 19.4 Å². The summed E-state index contributed by atoms with van der Waals surface area (Å²) in [5.74, 6) is -0.0398. The number of likely N-dealkylation sites (tertiary alicyclic amines) is 1. The number of aromatic nitrogens is 1. The number of hydrogen-bond acceptors (Lipinski definition) is 3. The van der Waals surface area contributed by atoms with Crippen molar-refractivity contribution in [1.82, 2.24) is 14.8 Å². The molecular formula is C20H24FN3O3. The molecule has 1 aromatic carbocycles. The van der Waals surface area contributed by atoms with E-state index in [0.717, 1.165) is 18.4 Å². The topological polar surface area (TPSA) is 63.6 Å². The fourth-order valence-electron chi connectivity index (χ4n) is 3.11. The van der Waals surface area contributed by atoms with Crippen LogP contribution in [-0.2, 0) is 18.4 Å². The van der Waals surface area contributed by atoms with Crippen LogP contribution in [0.5, 0.6) is 0 Å². The van der Waals surface area contributed by atoms with Crippen LogP contribution in [0.25, 0.3) is 0 Å². The van der Waals surface area contributed by atoms with Crippen molar-refractivity contribution < 1.29 is 18.7 Å². The van der Waals surface area contributed by atoms with Crippen LogP contribution in [0.2, 0.25) is 0 Å². The van der Waals surface area contributed by atoms with Crippen molar-refractivity contribution in [3.8, 4) is 0 Å². The first-order valence-electron chi connectivity index (χ1n) is 9.07. The minimum atomic E-state index is -0.355. The fraction of sp³-hybridized carbons (Fsp3) is 0.400. The SMILES string of the molecule is Cn1ccc(C(=O)NCC2CCN(C(=O)OCc3ccc(F)cc3)CC2)c1. The molecule has 2 heterocycles. The Bertz CT molecular complexity index is 780. The standard InChI is InChI=1S/C20H24FN3O3/c1-23-9-8-17(13-23)19(25)22-12-15-6-10-24(11-7-15)20(26)27-14-16-2-4-18(21)5-3-16/h2-5,8-9,13,15H,6-7,10-12,14H2,1H3,(H,22,25). The first-order valence-corrected chi connectivity index (χ1v) is 9.07. The Balaban J connectivity index is 1.37. The van der Waals surface area contributed by atoms with Crippen molar-refractivity contribution in [3.05, 3.63) is 59.7 Å². The second-order valence-corrected chi connectivity index (χ2v) is 6.89. The van der Waals surface area contributed by atoms with Gasteiger partial charge in [-0.2, -0.15) is 0 Å². The molecule has 2 aromatic rings. The van der Waals surface area contributed by atoms with Crippen molar-refractivity contribution in [2.24, 2.45) is 13.0 Å². The lowest BCUT2D eigenvalue weighted by molar-refractivity contribution is 0.0800. The van der Waals surface area contributed by atoms with E-state index in [-0.39, 0.29) is 24.4 Å². The van der Waals surface area contributed by atoms with Crippen molar-refractivity contribution in [1.29, 1.82) is 0 Å². The van der Waals surface area contributed by atoms with Gasteiger partial charge in [0, 0.05) is 39.1 Å². The van der Waals surface area contributed by atoms with Gasteiger partial charge in [-0.3, -0.25) is 4.79 Å². The third kappa shape index (κ3) is 5.32. The Kier molecular flexibility index (Phi) is 6.11. The van der Waals surface area contributed by atoms with E-state index < -0.39 is 0 Å². The van der Waals surface area contributed by atoms with E-state index in [9.17, 15) is 14.0 Å². The maximum atomic E-state index is 12.9. The van der Waals surface area contributed by atoms with Crippen LogP contribution in [0.15, 0.2) is 42.7 Å². The summed E-state index contributed by atoms with van der Waals surface area (Å²) in [6, 6.07) is 7.68. The van der Waals surface area contributed by atoms with E-state index in [2.05, 4.69) is 5.32 Å². The van der Waals surface area contributed by atoms with Crippen molar-refractivity contribution >= 4 is 12.0 Å². The lowest BCUT2D eigenvalue weighted by Crippen LogP contribution is -2.41. The van der Waals surface area contributed by atoms with Gasteiger partial charge in [-0.25, -0.2) is 9.18 Å². The highest BCUT2D eigenvalue weighted by molar-refractivity contribution is 5.93. The second-order valence-electron chi connectivity index (χ2n) is 6.89. The van der Waals surface area contributed by atoms with Gasteiger partial charge in [-0.15, -0.1) is 0 Å². The van der Waals surface area contributed by atoms with Crippen LogP contribution in [0.4, 0.5) is 9.18 Å². The molecule has 1 aliphatic heterocycles. The molecule has 3 rings (SSSR count). The minimum Gasteiger partial charge on any atom is -0.445 e. The Morgan fingerprint density at radius 2 is 1.89 bits per heavy atom. The molecule has 0 saturated carbocycles. The molecule has 1 fully saturated rings. The summed E-state index contributed by atoms with van der Waals surface area (Å²) in [6.45, 7) is 1.95. The average Bonchev–Trinajstić information content (AvgIpc) is 3.12. The predicted molar refractivity (Wildman–Crippen MR) is 98.6 cm³/mol. The first-order chi connectivity index (χ1) is 13.0. The third-order valence-electron chi connectivity index (χ3n) is 4.79. The van der Waals surface area contributed by atoms with Gasteiger partial charge in [0.15, 0.2) is 0 Å². The number of halogens is 1. The molecule has 0 aliphatic carbocycles. The predicted octanol–water partition coefficient (Wildman–Crippen LogP) is 2.94. The molecule has 0 spiro atoms. The molecule has 27 heavy (non-hydrogen) atoms. The lowest BCUT2D eigenvalue weighted by atomic mass is 9.97. The first kappa shape index (κ1) is 18.9. The van der Waals surface area contributed by atoms with Crippen LogP contribution < -0.4 is 5.32 Å². The van der Waals surface area contributed by atoms with Crippen LogP contribution in [-0.4, -0.2) is 41.1 Å². The number of piperidine rings is 1. The minimum absolute atomic E-state index is 0.0725. The smallest absolute Gasteiger partial charge is 0.410 e. The maximum Gasteiger partial charge on any atom is 0.410 e. The molecule has 0 atom stereocenters. The number of nitrogens with zero attached hydrogens (tertiary/aromatic N) is 2. The number of aryl methyl sites for hydroxylation is 1. The molecule has 1 aliphatic rings. The molecule has 0 radical (unpaired) electrons. The van der Waals surface area contributed by atoms with Crippen LogP contribution in [0.3, 0.4) is 0 Å². The zero-order valence-electron chi connectivity index (χ0n) is 15.4. The number of rotatable bonds is 5. The molecule has 6 nitrogen and oxygen atoms in total. The summed E-state index contributed by atoms with van der Waals surface area (Å²) >= 11 is 0. The van der Waals surface area contributed by atoms with Gasteiger partial charge in [-0.05, 0) is 42.5 Å². The Morgan fingerprint density at radius 3 is 2.52 bits per heavy atom. The maximum absolute atomic E-state index is 12.9. The summed E-state index contributed by atoms with van der Waals surface area (Å²) < 4.78 is 20.0. The second kappa shape index (κ2) is 8.70. The van der Waals surface area contributed by atoms with Gasteiger partial charge in [0.25, 0.3) is 5.91 Å². The number of ether oxygens (including phenoxy) is 1. The number of benzene rings is 1. The molecule has 0 bridgehead atoms. The number of amides is 2. The van der Waals surface area contributed by atoms with E-state index in [4.69, 9.17) is 4.74 Å². The molecule has 0 unspecified atom stereocenters. The molecule has 1 saturated heterocycles. The van der Waals surface area contributed by atoms with Crippen molar-refractivity contribution in [2.75, 3.05) is 19.6 Å². The van der Waals surface area contributed by atoms with E-state index in [1.807, 2.05) is 17.8 Å². The quantitative estimate of drug-likeness (QED) is 0.876. The fourth-order valence-corrected chi connectivity index (χ4v) is 3.11. The highest BCUT2D eigenvalue weighted by Gasteiger charge is 2.24. The molecule has 1 N–H and O–H groups in total. The summed E-state index contributed by atoms with van der Waals surface area (Å²) in [7, 11) is 1.88. The molecule has 1 aromatic heterocycles. The zero-order chi connectivity index (χ0) is 19.2. The van der Waals surface area contributed by atoms with E-state index in [0.29, 0.717) is 31.1 Å². The Hall–Kier alpha value is -2.83. The normalized spacial score (nSPS) is 14.8. The van der Waals surface area contributed by atoms with Gasteiger partial charge >= 0.3 is 6.09 Å². The van der Waals surface area contributed by atoms with E-state index in [1.165, 1.54) is 12.1 Å². The van der Waals surface area contributed by atoms with Gasteiger partial charge < -0.3 is 19.5 Å². The van der Waals surface area contributed by atoms with Gasteiger partial charge in [0.1, 0.15) is 12.4 Å². The van der Waals surface area contributed by atoms with E-state index >= 15 is 0 Å². The van der Waals surface area contributed by atoms with Gasteiger partial charge in [0.2, 0.25) is 0 Å².